The van der Waals surface area contributed by atoms with Gasteiger partial charge in [-0.05, 0) is 36.8 Å². The van der Waals surface area contributed by atoms with E-state index in [1.165, 1.54) is 18.3 Å². The van der Waals surface area contributed by atoms with Gasteiger partial charge < -0.3 is 9.72 Å². The van der Waals surface area contributed by atoms with Crippen molar-refractivity contribution in [1.29, 1.82) is 0 Å². The maximum atomic E-state index is 11.7. The van der Waals surface area contributed by atoms with Crippen LogP contribution < -0.4 is 21.1 Å². The first-order valence-electron chi connectivity index (χ1n) is 6.52. The summed E-state index contributed by atoms with van der Waals surface area (Å²) < 4.78 is 5.28. The maximum Gasteiger partial charge on any atom is 0.276 e. The molecule has 2 aromatic rings. The zero-order chi connectivity index (χ0) is 15.9. The van der Waals surface area contributed by atoms with Gasteiger partial charge in [0, 0.05) is 6.20 Å². The maximum absolute atomic E-state index is 11.7. The molecule has 0 radical (unpaired) electrons. The average Bonchev–Trinajstić information content (AvgIpc) is 2.51. The van der Waals surface area contributed by atoms with Crippen LogP contribution in [-0.4, -0.2) is 23.4 Å². The summed E-state index contributed by atoms with van der Waals surface area (Å²) in [4.78, 5) is 37.0. The quantitative estimate of drug-likeness (QED) is 0.717. The molecule has 0 unspecified atom stereocenters. The highest BCUT2D eigenvalue weighted by Gasteiger charge is 2.10. The van der Waals surface area contributed by atoms with E-state index in [1.807, 2.05) is 19.1 Å². The van der Waals surface area contributed by atoms with Crippen molar-refractivity contribution in [3.8, 4) is 5.75 Å². The number of rotatable bonds is 4. The summed E-state index contributed by atoms with van der Waals surface area (Å²) in [6.45, 7) is 1.65. The van der Waals surface area contributed by atoms with E-state index >= 15 is 0 Å². The molecule has 2 rings (SSSR count). The summed E-state index contributed by atoms with van der Waals surface area (Å²) in [7, 11) is 0. The number of pyridine rings is 1. The molecule has 0 bridgehead atoms. The molecule has 0 fully saturated rings. The van der Waals surface area contributed by atoms with Crippen LogP contribution in [0.1, 0.15) is 15.9 Å². The number of aromatic nitrogens is 1. The fraction of sp³-hybridized carbons (Fsp3) is 0.133. The molecule has 0 saturated heterocycles. The van der Waals surface area contributed by atoms with Crippen molar-refractivity contribution in [2.24, 2.45) is 0 Å². The molecule has 0 aliphatic heterocycles. The van der Waals surface area contributed by atoms with Crippen molar-refractivity contribution in [2.75, 3.05) is 6.61 Å². The number of hydrogen-bond acceptors (Lipinski definition) is 4. The number of H-pyrrole nitrogens is 1. The van der Waals surface area contributed by atoms with Crippen LogP contribution >= 0.6 is 0 Å². The third-order valence-electron chi connectivity index (χ3n) is 2.74. The first-order valence-corrected chi connectivity index (χ1v) is 6.52. The van der Waals surface area contributed by atoms with Crippen LogP contribution in [0, 0.1) is 6.92 Å². The second-order valence-electron chi connectivity index (χ2n) is 4.52. The van der Waals surface area contributed by atoms with Crippen LogP contribution in [0.25, 0.3) is 0 Å². The van der Waals surface area contributed by atoms with Gasteiger partial charge in [-0.25, -0.2) is 0 Å². The molecule has 0 atom stereocenters. The molecule has 0 aliphatic carbocycles. The molecule has 7 nitrogen and oxygen atoms in total. The van der Waals surface area contributed by atoms with Gasteiger partial charge in [0.2, 0.25) is 0 Å². The van der Waals surface area contributed by atoms with Crippen LogP contribution in [-0.2, 0) is 4.79 Å². The summed E-state index contributed by atoms with van der Waals surface area (Å²) in [5, 5.41) is 0. The van der Waals surface area contributed by atoms with Gasteiger partial charge in [-0.2, -0.15) is 0 Å². The lowest BCUT2D eigenvalue weighted by molar-refractivity contribution is -0.123. The Labute approximate surface area is 126 Å². The number of aromatic amines is 1. The van der Waals surface area contributed by atoms with Gasteiger partial charge in [0.1, 0.15) is 11.3 Å². The van der Waals surface area contributed by atoms with E-state index in [0.717, 1.165) is 5.56 Å². The number of hydrazine groups is 1. The molecule has 3 N–H and O–H groups in total. The number of amides is 2. The third kappa shape index (κ3) is 4.20. The van der Waals surface area contributed by atoms with Gasteiger partial charge in [0.15, 0.2) is 6.61 Å². The zero-order valence-corrected chi connectivity index (χ0v) is 11.9. The Morgan fingerprint density at radius 2 is 2.00 bits per heavy atom. The van der Waals surface area contributed by atoms with Crippen LogP contribution in [0.4, 0.5) is 0 Å². The van der Waals surface area contributed by atoms with Crippen molar-refractivity contribution >= 4 is 11.8 Å². The predicted molar refractivity (Wildman–Crippen MR) is 79.3 cm³/mol. The standard InChI is InChI=1S/C15H15N3O4/c1-10-4-2-5-11(8-10)22-9-13(19)17-18-15(21)12-6-3-7-16-14(12)20/h2-8H,9H2,1H3,(H,16,20)(H,17,19)(H,18,21). The van der Waals surface area contributed by atoms with Crippen molar-refractivity contribution in [3.05, 3.63) is 64.1 Å². The second kappa shape index (κ2) is 7.07. The Morgan fingerprint density at radius 3 is 2.73 bits per heavy atom. The third-order valence-corrected chi connectivity index (χ3v) is 2.74. The van der Waals surface area contributed by atoms with Crippen LogP contribution in [0.5, 0.6) is 5.75 Å². The summed E-state index contributed by atoms with van der Waals surface area (Å²) in [5.41, 5.74) is 4.70. The first-order chi connectivity index (χ1) is 10.6. The van der Waals surface area contributed by atoms with E-state index in [0.29, 0.717) is 5.75 Å². The van der Waals surface area contributed by atoms with E-state index in [1.54, 1.807) is 12.1 Å². The number of ether oxygens (including phenoxy) is 1. The van der Waals surface area contributed by atoms with Gasteiger partial charge in [0.25, 0.3) is 17.4 Å². The van der Waals surface area contributed by atoms with Gasteiger partial charge in [0.05, 0.1) is 0 Å². The molecule has 0 aliphatic rings. The number of carbonyl (C=O) groups excluding carboxylic acids is 2. The first kappa shape index (κ1) is 15.3. The summed E-state index contributed by atoms with van der Waals surface area (Å²) in [5.74, 6) is -0.686. The molecular weight excluding hydrogens is 286 g/mol. The Balaban J connectivity index is 1.82. The highest BCUT2D eigenvalue weighted by atomic mass is 16.5. The highest BCUT2D eigenvalue weighted by Crippen LogP contribution is 2.11. The van der Waals surface area contributed by atoms with Crippen LogP contribution in [0.3, 0.4) is 0 Å². The molecule has 1 heterocycles. The van der Waals surface area contributed by atoms with Gasteiger partial charge in [-0.3, -0.25) is 25.2 Å². The molecule has 7 heteroatoms. The number of benzene rings is 1. The van der Waals surface area contributed by atoms with E-state index < -0.39 is 17.4 Å². The molecular formula is C15H15N3O4. The minimum absolute atomic E-state index is 0.0950. The minimum Gasteiger partial charge on any atom is -0.484 e. The molecule has 114 valence electrons. The monoisotopic (exact) mass is 301 g/mol. The van der Waals surface area contributed by atoms with Crippen molar-refractivity contribution in [1.82, 2.24) is 15.8 Å². The Hall–Kier alpha value is -3.09. The fourth-order valence-electron chi connectivity index (χ4n) is 1.68. The molecule has 2 amide bonds. The lowest BCUT2D eigenvalue weighted by atomic mass is 10.2. The van der Waals surface area contributed by atoms with E-state index in [4.69, 9.17) is 4.74 Å². The number of aryl methyl sites for hydroxylation is 1. The number of nitrogens with one attached hydrogen (secondary N) is 3. The summed E-state index contributed by atoms with van der Waals surface area (Å²) in [6, 6.07) is 10.1. The Kier molecular flexibility index (Phi) is 4.92. The zero-order valence-electron chi connectivity index (χ0n) is 11.9. The second-order valence-corrected chi connectivity index (χ2v) is 4.52. The van der Waals surface area contributed by atoms with Crippen molar-refractivity contribution < 1.29 is 14.3 Å². The summed E-state index contributed by atoms with van der Waals surface area (Å²) in [6.07, 6.45) is 1.41. The summed E-state index contributed by atoms with van der Waals surface area (Å²) >= 11 is 0. The van der Waals surface area contributed by atoms with Crippen molar-refractivity contribution in [2.45, 2.75) is 6.92 Å². The number of carbonyl (C=O) groups is 2. The smallest absolute Gasteiger partial charge is 0.276 e. The van der Waals surface area contributed by atoms with Crippen LogP contribution in [0.2, 0.25) is 0 Å². The molecule has 22 heavy (non-hydrogen) atoms. The van der Waals surface area contributed by atoms with Gasteiger partial charge >= 0.3 is 0 Å². The number of hydrogen-bond donors (Lipinski definition) is 3. The SMILES string of the molecule is Cc1cccc(OCC(=O)NNC(=O)c2ccc[nH]c2=O)c1. The largest absolute Gasteiger partial charge is 0.484 e. The fourth-order valence-corrected chi connectivity index (χ4v) is 1.68. The predicted octanol–water partition coefficient (Wildman–Crippen LogP) is 0.523. The highest BCUT2D eigenvalue weighted by molar-refractivity contribution is 5.95. The lowest BCUT2D eigenvalue weighted by Crippen LogP contribution is -2.45. The minimum atomic E-state index is -0.703. The normalized spacial score (nSPS) is 9.86. The van der Waals surface area contributed by atoms with E-state index in [2.05, 4.69) is 15.8 Å². The average molecular weight is 301 g/mol. The lowest BCUT2D eigenvalue weighted by Gasteiger charge is -2.08. The van der Waals surface area contributed by atoms with Crippen molar-refractivity contribution in [3.63, 3.8) is 0 Å². The Morgan fingerprint density at radius 1 is 1.18 bits per heavy atom. The van der Waals surface area contributed by atoms with E-state index in [9.17, 15) is 14.4 Å². The van der Waals surface area contributed by atoms with Gasteiger partial charge in [-0.15, -0.1) is 0 Å². The molecule has 0 saturated carbocycles. The van der Waals surface area contributed by atoms with Gasteiger partial charge in [-0.1, -0.05) is 12.1 Å². The molecule has 0 spiro atoms. The van der Waals surface area contributed by atoms with E-state index in [-0.39, 0.29) is 12.2 Å². The van der Waals surface area contributed by atoms with Crippen LogP contribution in [0.15, 0.2) is 47.4 Å². The Bertz CT molecular complexity index is 739. The topological polar surface area (TPSA) is 100 Å². The molecule has 1 aromatic carbocycles. The molecule has 1 aromatic heterocycles.